The largest absolute Gasteiger partial charge is 0.348 e. The van der Waals surface area contributed by atoms with Crippen molar-refractivity contribution in [1.82, 2.24) is 0 Å². The molecule has 0 aromatic carbocycles. The number of rotatable bonds is 1. The molecular formula is C10H14O4. The SMILES string of the molecule is C1CCC(C23OCC4OC2(O4)O3)CC1. The molecule has 0 aromatic heterocycles. The maximum Gasteiger partial charge on any atom is 0.348 e. The molecule has 4 saturated heterocycles. The van der Waals surface area contributed by atoms with Crippen molar-refractivity contribution in [3.8, 4) is 0 Å². The van der Waals surface area contributed by atoms with Crippen molar-refractivity contribution in [2.45, 2.75) is 50.2 Å². The van der Waals surface area contributed by atoms with Crippen LogP contribution in [0.25, 0.3) is 0 Å². The van der Waals surface area contributed by atoms with Crippen LogP contribution in [0.4, 0.5) is 0 Å². The van der Waals surface area contributed by atoms with E-state index in [0.717, 1.165) is 0 Å². The Morgan fingerprint density at radius 3 is 2.50 bits per heavy atom. The average molecular weight is 198 g/mol. The van der Waals surface area contributed by atoms with Gasteiger partial charge in [0.25, 0.3) is 5.79 Å². The fourth-order valence-corrected chi connectivity index (χ4v) is 3.05. The molecule has 1 unspecified atom stereocenters. The summed E-state index contributed by atoms with van der Waals surface area (Å²) < 4.78 is 22.4. The van der Waals surface area contributed by atoms with Crippen molar-refractivity contribution in [2.24, 2.45) is 5.92 Å². The van der Waals surface area contributed by atoms with Crippen molar-refractivity contribution >= 4 is 0 Å². The Morgan fingerprint density at radius 2 is 1.79 bits per heavy atom. The van der Waals surface area contributed by atoms with Gasteiger partial charge in [-0.2, -0.15) is 0 Å². The molecule has 0 aromatic rings. The maximum absolute atomic E-state index is 5.76. The Bertz CT molecular complexity index is 263. The van der Waals surface area contributed by atoms with Crippen molar-refractivity contribution < 1.29 is 18.9 Å². The molecule has 4 nitrogen and oxygen atoms in total. The molecule has 5 aliphatic rings. The highest BCUT2D eigenvalue weighted by atomic mass is 17.1. The molecule has 1 spiro atoms. The van der Waals surface area contributed by atoms with E-state index < -0.39 is 11.8 Å². The van der Waals surface area contributed by atoms with Crippen LogP contribution in [0.15, 0.2) is 0 Å². The molecule has 0 radical (unpaired) electrons. The summed E-state index contributed by atoms with van der Waals surface area (Å²) in [6, 6.07) is 0. The first-order valence-electron chi connectivity index (χ1n) is 5.54. The minimum atomic E-state index is -0.780. The van der Waals surface area contributed by atoms with Crippen LogP contribution in [-0.4, -0.2) is 24.7 Å². The molecular weight excluding hydrogens is 184 g/mol. The van der Waals surface area contributed by atoms with E-state index in [4.69, 9.17) is 18.9 Å². The fraction of sp³-hybridized carbons (Fsp3) is 1.00. The zero-order valence-corrected chi connectivity index (χ0v) is 8.03. The van der Waals surface area contributed by atoms with Gasteiger partial charge in [0.05, 0.1) is 0 Å². The minimum Gasteiger partial charge on any atom is -0.338 e. The summed E-state index contributed by atoms with van der Waals surface area (Å²) in [4.78, 5) is 0. The zero-order chi connectivity index (χ0) is 9.23. The Labute approximate surface area is 82.5 Å². The van der Waals surface area contributed by atoms with Gasteiger partial charge in [-0.1, -0.05) is 19.3 Å². The lowest BCUT2D eigenvalue weighted by Gasteiger charge is -2.42. The van der Waals surface area contributed by atoms with E-state index >= 15 is 0 Å². The molecule has 1 aliphatic carbocycles. The number of ether oxygens (including phenoxy) is 4. The van der Waals surface area contributed by atoms with Crippen molar-refractivity contribution in [3.63, 3.8) is 0 Å². The number of hydrogen-bond acceptors (Lipinski definition) is 4. The highest BCUT2D eigenvalue weighted by Crippen LogP contribution is 2.66. The molecule has 0 N–H and O–H groups in total. The lowest BCUT2D eigenvalue weighted by atomic mass is 9.84. The Morgan fingerprint density at radius 1 is 1.00 bits per heavy atom. The third-order valence-electron chi connectivity index (χ3n) is 3.82. The van der Waals surface area contributed by atoms with E-state index in [1.807, 2.05) is 0 Å². The summed E-state index contributed by atoms with van der Waals surface area (Å²) in [7, 11) is 0. The Hall–Kier alpha value is -0.160. The van der Waals surface area contributed by atoms with Crippen LogP contribution in [0.5, 0.6) is 0 Å². The highest BCUT2D eigenvalue weighted by molar-refractivity contribution is 5.08. The molecule has 4 heterocycles. The van der Waals surface area contributed by atoms with Gasteiger partial charge in [-0.05, 0) is 12.8 Å². The highest BCUT2D eigenvalue weighted by Gasteiger charge is 2.87. The van der Waals surface area contributed by atoms with Gasteiger partial charge in [0.1, 0.15) is 6.61 Å². The molecule has 2 bridgehead atoms. The van der Waals surface area contributed by atoms with Gasteiger partial charge in [0, 0.05) is 5.92 Å². The van der Waals surface area contributed by atoms with Crippen LogP contribution in [0.1, 0.15) is 32.1 Å². The molecule has 14 heavy (non-hydrogen) atoms. The summed E-state index contributed by atoms with van der Waals surface area (Å²) >= 11 is 0. The third kappa shape index (κ3) is 0.758. The predicted octanol–water partition coefficient (Wildman–Crippen LogP) is 1.35. The normalized spacial score (nSPS) is 56.1. The predicted molar refractivity (Wildman–Crippen MR) is 45.0 cm³/mol. The van der Waals surface area contributed by atoms with Crippen molar-refractivity contribution in [1.29, 1.82) is 0 Å². The van der Waals surface area contributed by atoms with Gasteiger partial charge in [-0.15, -0.1) is 0 Å². The summed E-state index contributed by atoms with van der Waals surface area (Å²) in [6.45, 7) is 0.526. The maximum atomic E-state index is 5.76. The molecule has 1 atom stereocenters. The zero-order valence-electron chi connectivity index (χ0n) is 8.03. The molecule has 0 amide bonds. The van der Waals surface area contributed by atoms with E-state index in [1.54, 1.807) is 0 Å². The van der Waals surface area contributed by atoms with Crippen LogP contribution in [0.3, 0.4) is 0 Å². The second-order valence-corrected chi connectivity index (χ2v) is 4.64. The average Bonchev–Trinajstić information content (AvgIpc) is 2.91. The quantitative estimate of drug-likeness (QED) is 0.596. The smallest absolute Gasteiger partial charge is 0.338 e. The first-order valence-corrected chi connectivity index (χ1v) is 5.54. The summed E-state index contributed by atoms with van der Waals surface area (Å²) in [6.07, 6.45) is 6.08. The topological polar surface area (TPSA) is 40.2 Å². The number of hydrogen-bond donors (Lipinski definition) is 0. The lowest BCUT2D eigenvalue weighted by molar-refractivity contribution is -0.481. The molecule has 1 saturated carbocycles. The number of epoxide rings is 1. The summed E-state index contributed by atoms with van der Waals surface area (Å²) in [5.74, 6) is -0.836. The summed E-state index contributed by atoms with van der Waals surface area (Å²) in [5.41, 5.74) is 0. The van der Waals surface area contributed by atoms with E-state index in [2.05, 4.69) is 0 Å². The second-order valence-electron chi connectivity index (χ2n) is 4.64. The first kappa shape index (κ1) is 8.05. The van der Waals surface area contributed by atoms with E-state index in [9.17, 15) is 0 Å². The molecule has 4 aliphatic heterocycles. The Kier molecular flexibility index (Phi) is 1.33. The van der Waals surface area contributed by atoms with Crippen molar-refractivity contribution in [3.05, 3.63) is 0 Å². The standard InChI is InChI=1S/C10H14O4/c1-2-4-7(5-3-1)9-10(14-9)12-8(13-10)6-11-9/h7-8H,1-6H2. The van der Waals surface area contributed by atoms with Gasteiger partial charge in [-0.25, -0.2) is 0 Å². The van der Waals surface area contributed by atoms with Crippen LogP contribution < -0.4 is 0 Å². The number of fused-ring (bicyclic) bond motifs is 1. The Balaban J connectivity index is 1.59. The van der Waals surface area contributed by atoms with E-state index in [1.165, 1.54) is 32.1 Å². The fourth-order valence-electron chi connectivity index (χ4n) is 3.05. The van der Waals surface area contributed by atoms with Crippen LogP contribution in [0.2, 0.25) is 0 Å². The van der Waals surface area contributed by atoms with E-state index in [0.29, 0.717) is 12.5 Å². The first-order chi connectivity index (χ1) is 6.85. The van der Waals surface area contributed by atoms with E-state index in [-0.39, 0.29) is 6.29 Å². The van der Waals surface area contributed by atoms with Gasteiger partial charge < -0.3 is 4.74 Å². The van der Waals surface area contributed by atoms with Crippen LogP contribution in [-0.2, 0) is 18.9 Å². The van der Waals surface area contributed by atoms with Gasteiger partial charge >= 0.3 is 5.97 Å². The summed E-state index contributed by atoms with van der Waals surface area (Å²) in [5, 5.41) is 0. The molecule has 5 rings (SSSR count). The minimum absolute atomic E-state index is 0.172. The van der Waals surface area contributed by atoms with Crippen LogP contribution in [0, 0.1) is 5.92 Å². The van der Waals surface area contributed by atoms with Gasteiger partial charge in [0.2, 0.25) is 0 Å². The lowest BCUT2D eigenvalue weighted by Crippen LogP contribution is -2.59. The van der Waals surface area contributed by atoms with Gasteiger partial charge in [0.15, 0.2) is 6.29 Å². The molecule has 5 fully saturated rings. The van der Waals surface area contributed by atoms with Gasteiger partial charge in [-0.3, -0.25) is 14.2 Å². The monoisotopic (exact) mass is 198 g/mol. The second kappa shape index (κ2) is 2.32. The van der Waals surface area contributed by atoms with Crippen LogP contribution >= 0.6 is 0 Å². The molecule has 78 valence electrons. The van der Waals surface area contributed by atoms with Crippen molar-refractivity contribution in [2.75, 3.05) is 6.61 Å². The molecule has 4 heteroatoms. The third-order valence-corrected chi connectivity index (χ3v) is 3.82.